The lowest BCUT2D eigenvalue weighted by atomic mass is 10.1. The summed E-state index contributed by atoms with van der Waals surface area (Å²) in [5.74, 6) is 0.344. The fourth-order valence-corrected chi connectivity index (χ4v) is 1.77. The van der Waals surface area contributed by atoms with E-state index in [-0.39, 0.29) is 5.82 Å². The van der Waals surface area contributed by atoms with E-state index >= 15 is 0 Å². The number of benzene rings is 1. The van der Waals surface area contributed by atoms with E-state index in [9.17, 15) is 4.39 Å². The number of nitrogens with zero attached hydrogens (tertiary/aromatic N) is 2. The van der Waals surface area contributed by atoms with Gasteiger partial charge in [-0.2, -0.15) is 5.10 Å². The highest BCUT2D eigenvalue weighted by atomic mass is 35.5. The summed E-state index contributed by atoms with van der Waals surface area (Å²) in [7, 11) is 0. The van der Waals surface area contributed by atoms with E-state index in [1.165, 1.54) is 6.07 Å². The van der Waals surface area contributed by atoms with Gasteiger partial charge >= 0.3 is 0 Å². The Hall–Kier alpha value is -1.35. The minimum atomic E-state index is -0.304. The van der Waals surface area contributed by atoms with Gasteiger partial charge in [-0.1, -0.05) is 19.9 Å². The molecule has 0 saturated heterocycles. The molecule has 0 bridgehead atoms. The summed E-state index contributed by atoms with van der Waals surface area (Å²) in [6.07, 6.45) is 1.77. The molecule has 0 fully saturated rings. The van der Waals surface area contributed by atoms with Crippen molar-refractivity contribution >= 4 is 11.6 Å². The van der Waals surface area contributed by atoms with Gasteiger partial charge in [0.05, 0.1) is 5.69 Å². The molecule has 17 heavy (non-hydrogen) atoms. The van der Waals surface area contributed by atoms with Crippen molar-refractivity contribution in [3.05, 3.63) is 47.5 Å². The standard InChI is InChI=1S/C13H14ClFN2/c1-9(2)12-5-6-17(16-12)13-4-3-10(8-14)7-11(13)15/h3-7,9H,8H2,1-2H3. The van der Waals surface area contributed by atoms with Gasteiger partial charge in [0.25, 0.3) is 0 Å². The van der Waals surface area contributed by atoms with Crippen molar-refractivity contribution in [1.29, 1.82) is 0 Å². The molecule has 4 heteroatoms. The Morgan fingerprint density at radius 1 is 1.35 bits per heavy atom. The second-order valence-corrected chi connectivity index (χ2v) is 4.53. The van der Waals surface area contributed by atoms with Crippen LogP contribution in [0.4, 0.5) is 4.39 Å². The molecular formula is C13H14ClFN2. The lowest BCUT2D eigenvalue weighted by Crippen LogP contribution is -2.00. The quantitative estimate of drug-likeness (QED) is 0.758. The molecule has 0 saturated carbocycles. The number of hydrogen-bond acceptors (Lipinski definition) is 1. The molecule has 0 spiro atoms. The van der Waals surface area contributed by atoms with Gasteiger partial charge in [-0.05, 0) is 29.7 Å². The molecule has 1 aromatic heterocycles. The molecule has 0 radical (unpaired) electrons. The predicted octanol–water partition coefficient (Wildman–Crippen LogP) is 3.87. The number of aromatic nitrogens is 2. The van der Waals surface area contributed by atoms with Crippen LogP contribution in [0.25, 0.3) is 5.69 Å². The summed E-state index contributed by atoms with van der Waals surface area (Å²) in [5.41, 5.74) is 2.17. The van der Waals surface area contributed by atoms with Crippen molar-refractivity contribution in [2.24, 2.45) is 0 Å². The highest BCUT2D eigenvalue weighted by Crippen LogP contribution is 2.18. The molecule has 1 aromatic carbocycles. The Morgan fingerprint density at radius 3 is 2.65 bits per heavy atom. The van der Waals surface area contributed by atoms with E-state index in [1.54, 1.807) is 16.9 Å². The van der Waals surface area contributed by atoms with Crippen LogP contribution in [0.2, 0.25) is 0 Å². The van der Waals surface area contributed by atoms with Gasteiger partial charge in [0.1, 0.15) is 11.5 Å². The Labute approximate surface area is 105 Å². The first-order valence-electron chi connectivity index (χ1n) is 5.52. The van der Waals surface area contributed by atoms with E-state index < -0.39 is 0 Å². The van der Waals surface area contributed by atoms with Crippen LogP contribution >= 0.6 is 11.6 Å². The fraction of sp³-hybridized carbons (Fsp3) is 0.308. The van der Waals surface area contributed by atoms with E-state index in [0.29, 0.717) is 17.5 Å². The summed E-state index contributed by atoms with van der Waals surface area (Å²) in [6.45, 7) is 4.11. The van der Waals surface area contributed by atoms with E-state index in [0.717, 1.165) is 11.3 Å². The Bertz CT molecular complexity index is 520. The molecule has 0 atom stereocenters. The first kappa shape index (κ1) is 12.1. The van der Waals surface area contributed by atoms with E-state index in [4.69, 9.17) is 11.6 Å². The zero-order chi connectivity index (χ0) is 12.4. The van der Waals surface area contributed by atoms with Crippen molar-refractivity contribution in [2.45, 2.75) is 25.6 Å². The molecule has 0 unspecified atom stereocenters. The van der Waals surface area contributed by atoms with Crippen molar-refractivity contribution in [2.75, 3.05) is 0 Å². The average molecular weight is 253 g/mol. The van der Waals surface area contributed by atoms with Gasteiger partial charge in [0.15, 0.2) is 0 Å². The van der Waals surface area contributed by atoms with Gasteiger partial charge < -0.3 is 0 Å². The van der Waals surface area contributed by atoms with Gasteiger partial charge in [-0.3, -0.25) is 0 Å². The van der Waals surface area contributed by atoms with Gasteiger partial charge in [0.2, 0.25) is 0 Å². The average Bonchev–Trinajstić information content (AvgIpc) is 2.78. The van der Waals surface area contributed by atoms with Crippen LogP contribution in [0.1, 0.15) is 31.0 Å². The lowest BCUT2D eigenvalue weighted by Gasteiger charge is -2.05. The summed E-state index contributed by atoms with van der Waals surface area (Å²) in [4.78, 5) is 0. The number of rotatable bonds is 3. The second kappa shape index (κ2) is 4.88. The molecule has 0 aliphatic carbocycles. The molecule has 2 aromatic rings. The molecule has 0 amide bonds. The van der Waals surface area contributed by atoms with Crippen LogP contribution in [0.15, 0.2) is 30.5 Å². The van der Waals surface area contributed by atoms with E-state index in [1.807, 2.05) is 12.1 Å². The Balaban J connectivity index is 2.38. The topological polar surface area (TPSA) is 17.8 Å². The maximum atomic E-state index is 13.8. The number of alkyl halides is 1. The molecular weight excluding hydrogens is 239 g/mol. The monoisotopic (exact) mass is 252 g/mol. The van der Waals surface area contributed by atoms with Gasteiger partial charge in [0, 0.05) is 12.1 Å². The van der Waals surface area contributed by atoms with Crippen molar-refractivity contribution in [3.63, 3.8) is 0 Å². The second-order valence-electron chi connectivity index (χ2n) is 4.26. The SMILES string of the molecule is CC(C)c1ccn(-c2ccc(CCl)cc2F)n1. The Kier molecular flexibility index (Phi) is 3.48. The lowest BCUT2D eigenvalue weighted by molar-refractivity contribution is 0.607. The van der Waals surface area contributed by atoms with Gasteiger partial charge in [-0.15, -0.1) is 11.6 Å². The fourth-order valence-electron chi connectivity index (χ4n) is 1.60. The van der Waals surface area contributed by atoms with Crippen LogP contribution in [-0.4, -0.2) is 9.78 Å². The third-order valence-electron chi connectivity index (χ3n) is 2.61. The van der Waals surface area contributed by atoms with Crippen LogP contribution in [0, 0.1) is 5.82 Å². The number of halogens is 2. The first-order chi connectivity index (χ1) is 8.11. The zero-order valence-corrected chi connectivity index (χ0v) is 10.6. The number of hydrogen-bond donors (Lipinski definition) is 0. The van der Waals surface area contributed by atoms with E-state index in [2.05, 4.69) is 18.9 Å². The van der Waals surface area contributed by atoms with Crippen LogP contribution in [-0.2, 0) is 5.88 Å². The minimum absolute atomic E-state index is 0.304. The first-order valence-corrected chi connectivity index (χ1v) is 6.05. The highest BCUT2D eigenvalue weighted by Gasteiger charge is 2.09. The van der Waals surface area contributed by atoms with Crippen molar-refractivity contribution in [1.82, 2.24) is 9.78 Å². The summed E-state index contributed by atoms with van der Waals surface area (Å²) in [5, 5.41) is 4.34. The zero-order valence-electron chi connectivity index (χ0n) is 9.82. The smallest absolute Gasteiger partial charge is 0.149 e. The predicted molar refractivity (Wildman–Crippen MR) is 67.2 cm³/mol. The molecule has 1 heterocycles. The molecule has 0 N–H and O–H groups in total. The maximum Gasteiger partial charge on any atom is 0.149 e. The maximum absolute atomic E-state index is 13.8. The third-order valence-corrected chi connectivity index (χ3v) is 2.92. The minimum Gasteiger partial charge on any atom is -0.238 e. The molecule has 0 aliphatic heterocycles. The third kappa shape index (κ3) is 2.50. The summed E-state index contributed by atoms with van der Waals surface area (Å²) < 4.78 is 15.4. The Morgan fingerprint density at radius 2 is 2.12 bits per heavy atom. The molecule has 2 nitrogen and oxygen atoms in total. The normalized spacial score (nSPS) is 11.1. The van der Waals surface area contributed by atoms with Crippen LogP contribution in [0.5, 0.6) is 0 Å². The largest absolute Gasteiger partial charge is 0.238 e. The van der Waals surface area contributed by atoms with Crippen molar-refractivity contribution in [3.8, 4) is 5.69 Å². The molecule has 0 aliphatic rings. The summed E-state index contributed by atoms with van der Waals surface area (Å²) in [6, 6.07) is 6.85. The molecule has 90 valence electrons. The summed E-state index contributed by atoms with van der Waals surface area (Å²) >= 11 is 5.65. The van der Waals surface area contributed by atoms with Crippen molar-refractivity contribution < 1.29 is 4.39 Å². The van der Waals surface area contributed by atoms with Crippen LogP contribution < -0.4 is 0 Å². The highest BCUT2D eigenvalue weighted by molar-refractivity contribution is 6.17. The van der Waals surface area contributed by atoms with Gasteiger partial charge in [-0.25, -0.2) is 9.07 Å². The molecule has 2 rings (SSSR count). The van der Waals surface area contributed by atoms with Crippen LogP contribution in [0.3, 0.4) is 0 Å².